The third-order valence-electron chi connectivity index (χ3n) is 3.73. The summed E-state index contributed by atoms with van der Waals surface area (Å²) in [5.41, 5.74) is 2.28. The molecule has 0 saturated carbocycles. The second kappa shape index (κ2) is 9.80. The molecule has 0 spiro atoms. The normalized spacial score (nSPS) is 10.7. The Bertz CT molecular complexity index is 599. The molecule has 0 aliphatic heterocycles. The predicted octanol–water partition coefficient (Wildman–Crippen LogP) is 6.63. The van der Waals surface area contributed by atoms with Crippen molar-refractivity contribution in [3.05, 3.63) is 57.6 Å². The first-order valence-corrected chi connectivity index (χ1v) is 9.10. The summed E-state index contributed by atoms with van der Waals surface area (Å²) < 4.78 is 11.4. The zero-order valence-corrected chi connectivity index (χ0v) is 15.8. The molecule has 0 bridgehead atoms. The van der Waals surface area contributed by atoms with Crippen LogP contribution in [0.3, 0.4) is 0 Å². The largest absolute Gasteiger partial charge is 0.492 e. The Morgan fingerprint density at radius 1 is 0.667 bits per heavy atom. The maximum absolute atomic E-state index is 6.14. The van der Waals surface area contributed by atoms with Crippen LogP contribution in [0.2, 0.25) is 10.0 Å². The molecule has 2 aromatic rings. The van der Waals surface area contributed by atoms with E-state index < -0.39 is 0 Å². The van der Waals surface area contributed by atoms with E-state index in [2.05, 4.69) is 0 Å². The lowest BCUT2D eigenvalue weighted by atomic mass is 10.2. The van der Waals surface area contributed by atoms with Crippen LogP contribution in [0.25, 0.3) is 0 Å². The van der Waals surface area contributed by atoms with Crippen molar-refractivity contribution in [3.63, 3.8) is 0 Å². The van der Waals surface area contributed by atoms with Crippen molar-refractivity contribution < 1.29 is 9.47 Å². The molecule has 2 nitrogen and oxygen atoms in total. The number of ether oxygens (including phenoxy) is 2. The Kier molecular flexibility index (Phi) is 7.74. The second-order valence-corrected chi connectivity index (χ2v) is 6.79. The lowest BCUT2D eigenvalue weighted by Gasteiger charge is -2.09. The quantitative estimate of drug-likeness (QED) is 0.463. The van der Waals surface area contributed by atoms with E-state index in [0.717, 1.165) is 48.3 Å². The van der Waals surface area contributed by atoms with Crippen molar-refractivity contribution >= 4 is 23.2 Å². The number of benzene rings is 2. The fourth-order valence-corrected chi connectivity index (χ4v) is 2.95. The SMILES string of the molecule is Cc1ccc(OCCCCCCOc2ccc(C)cc2Cl)c(Cl)c1. The van der Waals surface area contributed by atoms with Crippen LogP contribution in [0.4, 0.5) is 0 Å². The Morgan fingerprint density at radius 3 is 1.46 bits per heavy atom. The molecule has 2 rings (SSSR count). The lowest BCUT2D eigenvalue weighted by Crippen LogP contribution is -2.00. The molecule has 0 saturated heterocycles. The molecule has 2 aromatic carbocycles. The Hall–Kier alpha value is -1.38. The predicted molar refractivity (Wildman–Crippen MR) is 102 cm³/mol. The molecule has 0 aromatic heterocycles. The minimum atomic E-state index is 0.679. The van der Waals surface area contributed by atoms with Gasteiger partial charge in [-0.25, -0.2) is 0 Å². The van der Waals surface area contributed by atoms with Crippen LogP contribution in [-0.2, 0) is 0 Å². The fourth-order valence-electron chi connectivity index (χ4n) is 2.37. The maximum Gasteiger partial charge on any atom is 0.137 e. The highest BCUT2D eigenvalue weighted by atomic mass is 35.5. The first-order valence-electron chi connectivity index (χ1n) is 8.34. The van der Waals surface area contributed by atoms with Gasteiger partial charge in [-0.1, -0.05) is 35.3 Å². The molecule has 0 fully saturated rings. The van der Waals surface area contributed by atoms with Gasteiger partial charge in [-0.05, 0) is 74.9 Å². The van der Waals surface area contributed by atoms with Crippen LogP contribution in [0.15, 0.2) is 36.4 Å². The average molecular weight is 367 g/mol. The minimum absolute atomic E-state index is 0.679. The maximum atomic E-state index is 6.14. The first-order chi connectivity index (χ1) is 11.6. The summed E-state index contributed by atoms with van der Waals surface area (Å²) in [6.45, 7) is 5.41. The van der Waals surface area contributed by atoms with Gasteiger partial charge in [-0.2, -0.15) is 0 Å². The summed E-state index contributed by atoms with van der Waals surface area (Å²) in [4.78, 5) is 0. The van der Waals surface area contributed by atoms with Gasteiger partial charge in [0.05, 0.1) is 23.3 Å². The van der Waals surface area contributed by atoms with Crippen molar-refractivity contribution in [2.75, 3.05) is 13.2 Å². The Labute approximate surface area is 154 Å². The monoisotopic (exact) mass is 366 g/mol. The highest BCUT2D eigenvalue weighted by Crippen LogP contribution is 2.26. The lowest BCUT2D eigenvalue weighted by molar-refractivity contribution is 0.287. The van der Waals surface area contributed by atoms with Gasteiger partial charge in [0.1, 0.15) is 11.5 Å². The van der Waals surface area contributed by atoms with Crippen molar-refractivity contribution in [2.24, 2.45) is 0 Å². The van der Waals surface area contributed by atoms with E-state index in [1.165, 1.54) is 0 Å². The van der Waals surface area contributed by atoms with Gasteiger partial charge < -0.3 is 9.47 Å². The summed E-state index contributed by atoms with van der Waals surface area (Å²) >= 11 is 12.3. The zero-order chi connectivity index (χ0) is 17.4. The summed E-state index contributed by atoms with van der Waals surface area (Å²) in [5, 5.41) is 1.36. The molecular weight excluding hydrogens is 343 g/mol. The van der Waals surface area contributed by atoms with Crippen LogP contribution < -0.4 is 9.47 Å². The summed E-state index contributed by atoms with van der Waals surface area (Å²) in [6.07, 6.45) is 4.23. The van der Waals surface area contributed by atoms with E-state index in [0.29, 0.717) is 23.3 Å². The smallest absolute Gasteiger partial charge is 0.137 e. The molecule has 0 radical (unpaired) electrons. The highest BCUT2D eigenvalue weighted by molar-refractivity contribution is 6.32. The van der Waals surface area contributed by atoms with E-state index in [1.807, 2.05) is 50.2 Å². The molecule has 24 heavy (non-hydrogen) atoms. The number of hydrogen-bond donors (Lipinski definition) is 0. The van der Waals surface area contributed by atoms with Gasteiger partial charge in [-0.15, -0.1) is 0 Å². The molecule has 0 heterocycles. The average Bonchev–Trinajstić information content (AvgIpc) is 2.53. The molecule has 0 amide bonds. The van der Waals surface area contributed by atoms with E-state index in [-0.39, 0.29) is 0 Å². The van der Waals surface area contributed by atoms with Crippen molar-refractivity contribution in [1.82, 2.24) is 0 Å². The number of hydrogen-bond acceptors (Lipinski definition) is 2. The molecule has 0 unspecified atom stereocenters. The van der Waals surface area contributed by atoms with Crippen LogP contribution in [0.1, 0.15) is 36.8 Å². The van der Waals surface area contributed by atoms with Gasteiger partial charge in [-0.3, -0.25) is 0 Å². The van der Waals surface area contributed by atoms with Gasteiger partial charge in [0.25, 0.3) is 0 Å². The van der Waals surface area contributed by atoms with Gasteiger partial charge in [0.2, 0.25) is 0 Å². The molecular formula is C20H24Cl2O2. The first kappa shape index (κ1) is 19.0. The zero-order valence-electron chi connectivity index (χ0n) is 14.3. The van der Waals surface area contributed by atoms with E-state index in [9.17, 15) is 0 Å². The molecule has 4 heteroatoms. The number of rotatable bonds is 9. The van der Waals surface area contributed by atoms with Crippen LogP contribution in [0, 0.1) is 13.8 Å². The molecule has 0 atom stereocenters. The summed E-state index contributed by atoms with van der Waals surface area (Å²) in [5.74, 6) is 1.53. The second-order valence-electron chi connectivity index (χ2n) is 5.98. The minimum Gasteiger partial charge on any atom is -0.492 e. The number of unbranched alkanes of at least 4 members (excludes halogenated alkanes) is 3. The van der Waals surface area contributed by atoms with Crippen molar-refractivity contribution in [1.29, 1.82) is 0 Å². The van der Waals surface area contributed by atoms with Crippen LogP contribution in [-0.4, -0.2) is 13.2 Å². The third kappa shape index (κ3) is 6.26. The standard InChI is InChI=1S/C20H24Cl2O2/c1-15-7-9-19(17(21)13-15)23-11-5-3-4-6-12-24-20-10-8-16(2)14-18(20)22/h7-10,13-14H,3-6,11-12H2,1-2H3. The van der Waals surface area contributed by atoms with Crippen LogP contribution in [0.5, 0.6) is 11.5 Å². The van der Waals surface area contributed by atoms with E-state index in [1.54, 1.807) is 0 Å². The molecule has 0 aliphatic carbocycles. The number of aryl methyl sites for hydroxylation is 2. The Balaban J connectivity index is 1.55. The number of halogens is 2. The highest BCUT2D eigenvalue weighted by Gasteiger charge is 2.02. The molecule has 0 N–H and O–H groups in total. The van der Waals surface area contributed by atoms with Gasteiger partial charge in [0, 0.05) is 0 Å². The third-order valence-corrected chi connectivity index (χ3v) is 4.32. The van der Waals surface area contributed by atoms with Gasteiger partial charge >= 0.3 is 0 Å². The van der Waals surface area contributed by atoms with E-state index in [4.69, 9.17) is 32.7 Å². The van der Waals surface area contributed by atoms with Crippen molar-refractivity contribution in [2.45, 2.75) is 39.5 Å². The molecule has 130 valence electrons. The topological polar surface area (TPSA) is 18.5 Å². The fraction of sp³-hybridized carbons (Fsp3) is 0.400. The van der Waals surface area contributed by atoms with E-state index >= 15 is 0 Å². The van der Waals surface area contributed by atoms with Crippen LogP contribution >= 0.6 is 23.2 Å². The Morgan fingerprint density at radius 2 is 1.08 bits per heavy atom. The summed E-state index contributed by atoms with van der Waals surface area (Å²) in [7, 11) is 0. The van der Waals surface area contributed by atoms with Gasteiger partial charge in [0.15, 0.2) is 0 Å². The van der Waals surface area contributed by atoms with Crippen molar-refractivity contribution in [3.8, 4) is 11.5 Å². The molecule has 0 aliphatic rings. The summed E-state index contributed by atoms with van der Waals surface area (Å²) in [6, 6.07) is 11.7.